The summed E-state index contributed by atoms with van der Waals surface area (Å²) >= 11 is 3.37. The molecular formula is C33H24BrIrN4. The summed E-state index contributed by atoms with van der Waals surface area (Å²) in [6.45, 7) is 0. The van der Waals surface area contributed by atoms with Crippen LogP contribution in [0.15, 0.2) is 149 Å². The van der Waals surface area contributed by atoms with Crippen LogP contribution in [-0.4, -0.2) is 16.2 Å². The van der Waals surface area contributed by atoms with Gasteiger partial charge in [-0.3, -0.25) is 4.99 Å². The maximum Gasteiger partial charge on any atom is 3.00 e. The van der Waals surface area contributed by atoms with Crippen LogP contribution in [0.4, 0.5) is 5.69 Å². The molecule has 0 aliphatic heterocycles. The molecule has 0 bridgehead atoms. The minimum absolute atomic E-state index is 0. The van der Waals surface area contributed by atoms with Crippen LogP contribution >= 0.6 is 15.9 Å². The van der Waals surface area contributed by atoms with Crippen LogP contribution in [0.3, 0.4) is 0 Å². The van der Waals surface area contributed by atoms with E-state index in [1.165, 1.54) is 0 Å². The first-order valence-corrected chi connectivity index (χ1v) is 12.7. The molecule has 0 atom stereocenters. The molecule has 6 aromatic rings. The first-order valence-electron chi connectivity index (χ1n) is 11.9. The van der Waals surface area contributed by atoms with Gasteiger partial charge < -0.3 is 15.0 Å². The van der Waals surface area contributed by atoms with Crippen molar-refractivity contribution < 1.29 is 20.1 Å². The molecule has 0 amide bonds. The summed E-state index contributed by atoms with van der Waals surface area (Å²) in [6.07, 6.45) is 7.08. The first kappa shape index (κ1) is 29.6. The van der Waals surface area contributed by atoms with Crippen LogP contribution in [0.25, 0.3) is 22.5 Å². The second-order valence-electron chi connectivity index (χ2n) is 7.78. The smallest absolute Gasteiger partial charge is 0.663 e. The predicted molar refractivity (Wildman–Crippen MR) is 158 cm³/mol. The van der Waals surface area contributed by atoms with Crippen LogP contribution in [0.1, 0.15) is 5.69 Å². The van der Waals surface area contributed by atoms with Gasteiger partial charge in [-0.1, -0.05) is 52.3 Å². The largest absolute Gasteiger partial charge is 3.00 e. The third-order valence-electron chi connectivity index (χ3n) is 5.05. The molecule has 4 nitrogen and oxygen atoms in total. The molecular weight excluding hydrogens is 725 g/mol. The number of benzene rings is 3. The Kier molecular flexibility index (Phi) is 12.7. The molecule has 3 aromatic carbocycles. The molecule has 0 radical (unpaired) electrons. The van der Waals surface area contributed by atoms with Gasteiger partial charge in [0.15, 0.2) is 0 Å². The maximum absolute atomic E-state index is 4.28. The number of pyridine rings is 2. The number of hydrogen-bond donors (Lipinski definition) is 0. The Bertz CT molecular complexity index is 1330. The summed E-state index contributed by atoms with van der Waals surface area (Å²) in [4.78, 5) is 16.8. The molecule has 3 heterocycles. The van der Waals surface area contributed by atoms with Crippen molar-refractivity contribution in [1.29, 1.82) is 0 Å². The van der Waals surface area contributed by atoms with Crippen molar-refractivity contribution in [1.82, 2.24) is 15.0 Å². The van der Waals surface area contributed by atoms with Crippen molar-refractivity contribution in [2.24, 2.45) is 4.99 Å². The zero-order chi connectivity index (χ0) is 26.3. The number of aliphatic imine (C=N–C) groups is 1. The average molecular weight is 749 g/mol. The Morgan fingerprint density at radius 2 is 1.21 bits per heavy atom. The zero-order valence-electron chi connectivity index (χ0n) is 20.9. The third kappa shape index (κ3) is 10.4. The van der Waals surface area contributed by atoms with Gasteiger partial charge in [0.25, 0.3) is 0 Å². The van der Waals surface area contributed by atoms with Crippen molar-refractivity contribution in [2.45, 2.75) is 0 Å². The summed E-state index contributed by atoms with van der Waals surface area (Å²) in [5.74, 6) is 0. The minimum atomic E-state index is 0. The fourth-order valence-electron chi connectivity index (χ4n) is 3.21. The average Bonchev–Trinajstić information content (AvgIpc) is 3.53. The van der Waals surface area contributed by atoms with Crippen LogP contribution in [0, 0.1) is 12.1 Å². The molecule has 0 fully saturated rings. The second-order valence-corrected chi connectivity index (χ2v) is 8.69. The van der Waals surface area contributed by atoms with Gasteiger partial charge in [-0.25, -0.2) is 0 Å². The molecule has 0 saturated carbocycles. The van der Waals surface area contributed by atoms with Crippen molar-refractivity contribution >= 4 is 27.8 Å². The van der Waals surface area contributed by atoms with Gasteiger partial charge in [0, 0.05) is 23.1 Å². The summed E-state index contributed by atoms with van der Waals surface area (Å²) in [5.41, 5.74) is 5.83. The number of hydrogen-bond acceptors (Lipinski definition) is 3. The molecule has 0 aliphatic rings. The minimum Gasteiger partial charge on any atom is -0.663 e. The Morgan fingerprint density at radius 3 is 1.64 bits per heavy atom. The normalized spacial score (nSPS) is 9.87. The van der Waals surface area contributed by atoms with Crippen LogP contribution in [0.2, 0.25) is 0 Å². The van der Waals surface area contributed by atoms with E-state index in [0.717, 1.165) is 38.4 Å². The van der Waals surface area contributed by atoms with E-state index in [1.807, 2.05) is 121 Å². The molecule has 6 heteroatoms. The van der Waals surface area contributed by atoms with Crippen molar-refractivity contribution in [3.63, 3.8) is 0 Å². The number of aromatic nitrogens is 3. The van der Waals surface area contributed by atoms with Crippen LogP contribution in [-0.2, 0) is 20.1 Å². The molecule has 0 spiro atoms. The molecule has 0 N–H and O–H groups in total. The van der Waals surface area contributed by atoms with Gasteiger partial charge in [0.2, 0.25) is 0 Å². The van der Waals surface area contributed by atoms with Crippen molar-refractivity contribution in [3.05, 3.63) is 162 Å². The Morgan fingerprint density at radius 1 is 0.641 bits per heavy atom. The number of nitrogens with zero attached hydrogens (tertiary/aromatic N) is 4. The molecule has 3 aromatic heterocycles. The quantitative estimate of drug-likeness (QED) is 0.135. The van der Waals surface area contributed by atoms with E-state index in [9.17, 15) is 0 Å². The first-order chi connectivity index (χ1) is 18.8. The van der Waals surface area contributed by atoms with E-state index in [-0.39, 0.29) is 20.1 Å². The topological polar surface area (TPSA) is 52.2 Å². The van der Waals surface area contributed by atoms with Crippen LogP contribution < -0.4 is 4.98 Å². The van der Waals surface area contributed by atoms with E-state index in [2.05, 4.69) is 48.0 Å². The molecule has 192 valence electrons. The summed E-state index contributed by atoms with van der Waals surface area (Å²) in [5, 5.41) is 0. The van der Waals surface area contributed by atoms with E-state index in [1.54, 1.807) is 24.8 Å². The molecule has 0 unspecified atom stereocenters. The monoisotopic (exact) mass is 748 g/mol. The van der Waals surface area contributed by atoms with Gasteiger partial charge in [-0.15, -0.1) is 77.5 Å². The molecule has 0 saturated heterocycles. The van der Waals surface area contributed by atoms with Crippen LogP contribution in [0.5, 0.6) is 0 Å². The number of rotatable bonds is 4. The molecule has 0 aliphatic carbocycles. The van der Waals surface area contributed by atoms with Crippen molar-refractivity contribution in [2.75, 3.05) is 0 Å². The van der Waals surface area contributed by atoms with Gasteiger partial charge in [0.05, 0.1) is 5.69 Å². The van der Waals surface area contributed by atoms with Gasteiger partial charge in [0.1, 0.15) is 0 Å². The fraction of sp³-hybridized carbons (Fsp3) is 0. The van der Waals surface area contributed by atoms with E-state index < -0.39 is 0 Å². The van der Waals surface area contributed by atoms with Crippen molar-refractivity contribution in [3.8, 4) is 22.5 Å². The Hall–Kier alpha value is -3.96. The summed E-state index contributed by atoms with van der Waals surface area (Å²) in [6, 6.07) is 45.3. The number of halogens is 1. The van der Waals surface area contributed by atoms with Gasteiger partial charge >= 0.3 is 20.1 Å². The van der Waals surface area contributed by atoms with E-state index in [0.29, 0.717) is 0 Å². The second kappa shape index (κ2) is 16.8. The fourth-order valence-corrected chi connectivity index (χ4v) is 3.47. The molecule has 6 rings (SSSR count). The van der Waals surface area contributed by atoms with E-state index >= 15 is 0 Å². The predicted octanol–water partition coefficient (Wildman–Crippen LogP) is 8.25. The van der Waals surface area contributed by atoms with Gasteiger partial charge in [-0.05, 0) is 47.8 Å². The molecule has 39 heavy (non-hydrogen) atoms. The van der Waals surface area contributed by atoms with E-state index in [4.69, 9.17) is 0 Å². The zero-order valence-corrected chi connectivity index (χ0v) is 24.8. The summed E-state index contributed by atoms with van der Waals surface area (Å²) in [7, 11) is 0. The summed E-state index contributed by atoms with van der Waals surface area (Å²) < 4.78 is 1.06. The SMILES string of the molecule is Brc1ccc(N=Cc2ccc[n-]2)cc1.[Ir+3].[c-]1ccccc1-c1ccccn1.[c-]1ccccc1-c1ccccn1. The standard InChI is InChI=1S/C11H8BrN2.2C11H8N.Ir/c12-9-3-5-10(6-4-9)14-8-11-2-1-7-13-11;2*1-2-6-10(7-3-1)11-8-4-5-9-12-11;/h1-8H;2*1-6,8-9H;/q3*-1;+3. The third-order valence-corrected chi connectivity index (χ3v) is 5.58. The Labute approximate surface area is 251 Å². The van der Waals surface area contributed by atoms with Gasteiger partial charge in [-0.2, -0.15) is 6.20 Å². The maximum atomic E-state index is 4.28. The Balaban J connectivity index is 0.000000160.